The lowest BCUT2D eigenvalue weighted by molar-refractivity contribution is 0.0697. The lowest BCUT2D eigenvalue weighted by Gasteiger charge is -2.04. The molecule has 0 saturated carbocycles. The minimum atomic E-state index is -0.945. The predicted octanol–water partition coefficient (Wildman–Crippen LogP) is 2.12. The van der Waals surface area contributed by atoms with Gasteiger partial charge in [-0.2, -0.15) is 0 Å². The Morgan fingerprint density at radius 2 is 1.95 bits per heavy atom. The Morgan fingerprint density at radius 3 is 2.55 bits per heavy atom. The lowest BCUT2D eigenvalue weighted by Crippen LogP contribution is -2.23. The van der Waals surface area contributed by atoms with E-state index in [2.05, 4.69) is 5.32 Å². The molecule has 1 heterocycles. The van der Waals surface area contributed by atoms with E-state index in [9.17, 15) is 4.79 Å². The molecule has 20 heavy (non-hydrogen) atoms. The Bertz CT molecular complexity index is 572. The molecule has 106 valence electrons. The average Bonchev–Trinajstić information content (AvgIpc) is 2.87. The molecule has 0 radical (unpaired) electrons. The Balaban J connectivity index is 2.02. The van der Waals surface area contributed by atoms with Crippen LogP contribution < -0.4 is 5.32 Å². The van der Waals surface area contributed by atoms with Crippen molar-refractivity contribution in [3.63, 3.8) is 0 Å². The fourth-order valence-electron chi connectivity index (χ4n) is 1.81. The minimum absolute atomic E-state index is 0.249. The number of rotatable bonds is 6. The number of carboxylic acids is 1. The predicted molar refractivity (Wildman–Crippen MR) is 74.5 cm³/mol. The highest BCUT2D eigenvalue weighted by atomic mass is 16.4. The van der Waals surface area contributed by atoms with Crippen molar-refractivity contribution >= 4 is 5.97 Å². The zero-order chi connectivity index (χ0) is 14.5. The molecule has 1 aromatic carbocycles. The van der Waals surface area contributed by atoms with Crippen molar-refractivity contribution in [2.75, 3.05) is 6.54 Å². The second-order valence-corrected chi connectivity index (χ2v) is 4.63. The van der Waals surface area contributed by atoms with Crippen LogP contribution in [0.4, 0.5) is 0 Å². The van der Waals surface area contributed by atoms with Crippen molar-refractivity contribution in [3.05, 3.63) is 47.7 Å². The van der Waals surface area contributed by atoms with Crippen molar-refractivity contribution < 1.29 is 19.4 Å². The highest BCUT2D eigenvalue weighted by Gasteiger charge is 2.07. The number of carboxylic acid groups (broad SMARTS) is 1. The van der Waals surface area contributed by atoms with Crippen LogP contribution in [0.15, 0.2) is 40.8 Å². The van der Waals surface area contributed by atoms with Gasteiger partial charge < -0.3 is 19.9 Å². The molecule has 1 aromatic heterocycles. The summed E-state index contributed by atoms with van der Waals surface area (Å²) in [5.41, 5.74) is 1.08. The largest absolute Gasteiger partial charge is 0.478 e. The maximum Gasteiger partial charge on any atom is 0.335 e. The van der Waals surface area contributed by atoms with Gasteiger partial charge in [0.25, 0.3) is 0 Å². The number of carbonyl (C=O) groups is 1. The second kappa shape index (κ2) is 6.36. The molecule has 0 aliphatic rings. The molecule has 3 N–H and O–H groups in total. The van der Waals surface area contributed by atoms with E-state index >= 15 is 0 Å². The summed E-state index contributed by atoms with van der Waals surface area (Å²) in [4.78, 5) is 10.8. The molecule has 0 aliphatic heterocycles. The fraction of sp³-hybridized carbons (Fsp3) is 0.267. The molecule has 5 nitrogen and oxygen atoms in total. The number of aromatic carboxylic acids is 1. The monoisotopic (exact) mass is 275 g/mol. The molecular weight excluding hydrogens is 258 g/mol. The first-order chi connectivity index (χ1) is 9.56. The topological polar surface area (TPSA) is 82.7 Å². The van der Waals surface area contributed by atoms with Gasteiger partial charge in [0.2, 0.25) is 0 Å². The summed E-state index contributed by atoms with van der Waals surface area (Å²) < 4.78 is 5.66. The normalized spacial score (nSPS) is 12.3. The number of benzene rings is 1. The third-order valence-corrected chi connectivity index (χ3v) is 2.82. The minimum Gasteiger partial charge on any atom is -0.478 e. The van der Waals surface area contributed by atoms with E-state index in [-0.39, 0.29) is 5.56 Å². The third-order valence-electron chi connectivity index (χ3n) is 2.82. The van der Waals surface area contributed by atoms with E-state index in [1.807, 2.05) is 12.1 Å². The van der Waals surface area contributed by atoms with Gasteiger partial charge in [0, 0.05) is 12.1 Å². The number of aliphatic hydroxyl groups is 1. The van der Waals surface area contributed by atoms with Gasteiger partial charge in [-0.15, -0.1) is 0 Å². The van der Waals surface area contributed by atoms with E-state index in [1.54, 1.807) is 31.2 Å². The van der Waals surface area contributed by atoms with Crippen LogP contribution in [0.2, 0.25) is 0 Å². The Labute approximate surface area is 116 Å². The maximum absolute atomic E-state index is 10.8. The summed E-state index contributed by atoms with van der Waals surface area (Å²) in [6.45, 7) is 2.76. The summed E-state index contributed by atoms with van der Waals surface area (Å²) in [7, 11) is 0. The molecule has 2 aromatic rings. The van der Waals surface area contributed by atoms with Gasteiger partial charge in [-0.05, 0) is 31.2 Å². The van der Waals surface area contributed by atoms with Gasteiger partial charge >= 0.3 is 5.97 Å². The first-order valence-corrected chi connectivity index (χ1v) is 6.37. The summed E-state index contributed by atoms with van der Waals surface area (Å²) in [5, 5.41) is 21.1. The molecular formula is C15H17NO4. The highest BCUT2D eigenvalue weighted by molar-refractivity contribution is 5.88. The number of hydrogen-bond acceptors (Lipinski definition) is 4. The Morgan fingerprint density at radius 1 is 1.25 bits per heavy atom. The van der Waals surface area contributed by atoms with Gasteiger partial charge in [0.1, 0.15) is 11.5 Å². The third kappa shape index (κ3) is 3.69. The van der Waals surface area contributed by atoms with Gasteiger partial charge in [-0.25, -0.2) is 4.79 Å². The molecule has 0 fully saturated rings. The SMILES string of the molecule is CC(O)CNCc1ccc(-c2ccc(C(=O)O)cc2)o1. The Kier molecular flexibility index (Phi) is 4.55. The summed E-state index contributed by atoms with van der Waals surface area (Å²) >= 11 is 0. The van der Waals surface area contributed by atoms with Gasteiger partial charge in [0.15, 0.2) is 0 Å². The molecule has 0 bridgehead atoms. The molecule has 5 heteroatoms. The van der Waals surface area contributed by atoms with Crippen molar-refractivity contribution in [2.24, 2.45) is 0 Å². The van der Waals surface area contributed by atoms with Gasteiger partial charge in [0.05, 0.1) is 18.2 Å². The molecule has 2 rings (SSSR count). The van der Waals surface area contributed by atoms with Crippen molar-refractivity contribution in [1.29, 1.82) is 0 Å². The van der Waals surface area contributed by atoms with E-state index in [1.165, 1.54) is 0 Å². The number of nitrogens with one attached hydrogen (secondary N) is 1. The van der Waals surface area contributed by atoms with E-state index < -0.39 is 12.1 Å². The number of hydrogen-bond donors (Lipinski definition) is 3. The fourth-order valence-corrected chi connectivity index (χ4v) is 1.81. The van der Waals surface area contributed by atoms with Crippen molar-refractivity contribution in [1.82, 2.24) is 5.32 Å². The lowest BCUT2D eigenvalue weighted by atomic mass is 10.1. The molecule has 0 spiro atoms. The standard InChI is InChI=1S/C15H17NO4/c1-10(17)8-16-9-13-6-7-14(20-13)11-2-4-12(5-3-11)15(18)19/h2-7,10,16-17H,8-9H2,1H3,(H,18,19). The first-order valence-electron chi connectivity index (χ1n) is 6.37. The number of furan rings is 1. The number of aliphatic hydroxyl groups excluding tert-OH is 1. The summed E-state index contributed by atoms with van der Waals surface area (Å²) in [6.07, 6.45) is -0.395. The van der Waals surface area contributed by atoms with Crippen LogP contribution in [0.1, 0.15) is 23.0 Å². The highest BCUT2D eigenvalue weighted by Crippen LogP contribution is 2.22. The van der Waals surface area contributed by atoms with Crippen LogP contribution in [0.25, 0.3) is 11.3 Å². The Hall–Kier alpha value is -2.11. The van der Waals surface area contributed by atoms with Crippen LogP contribution in [-0.4, -0.2) is 28.8 Å². The maximum atomic E-state index is 10.8. The van der Waals surface area contributed by atoms with Gasteiger partial charge in [-0.3, -0.25) is 0 Å². The smallest absolute Gasteiger partial charge is 0.335 e. The molecule has 0 amide bonds. The van der Waals surface area contributed by atoms with Crippen LogP contribution >= 0.6 is 0 Å². The van der Waals surface area contributed by atoms with Crippen LogP contribution in [0.3, 0.4) is 0 Å². The van der Waals surface area contributed by atoms with Crippen LogP contribution in [0.5, 0.6) is 0 Å². The summed E-state index contributed by atoms with van der Waals surface area (Å²) in [5.74, 6) is 0.512. The van der Waals surface area contributed by atoms with Crippen LogP contribution in [0, 0.1) is 0 Å². The van der Waals surface area contributed by atoms with Crippen molar-refractivity contribution in [3.8, 4) is 11.3 Å². The van der Waals surface area contributed by atoms with E-state index in [0.717, 1.165) is 11.3 Å². The molecule has 1 unspecified atom stereocenters. The quantitative estimate of drug-likeness (QED) is 0.752. The van der Waals surface area contributed by atoms with Crippen molar-refractivity contribution in [2.45, 2.75) is 19.6 Å². The molecule has 0 saturated heterocycles. The zero-order valence-electron chi connectivity index (χ0n) is 11.2. The average molecular weight is 275 g/mol. The second-order valence-electron chi connectivity index (χ2n) is 4.63. The molecule has 0 aliphatic carbocycles. The van der Waals surface area contributed by atoms with E-state index in [4.69, 9.17) is 14.6 Å². The molecule has 1 atom stereocenters. The van der Waals surface area contributed by atoms with Crippen LogP contribution in [-0.2, 0) is 6.54 Å². The van der Waals surface area contributed by atoms with Gasteiger partial charge in [-0.1, -0.05) is 12.1 Å². The zero-order valence-corrected chi connectivity index (χ0v) is 11.2. The van der Waals surface area contributed by atoms with E-state index in [0.29, 0.717) is 18.8 Å². The summed E-state index contributed by atoms with van der Waals surface area (Å²) in [6, 6.07) is 10.2. The first kappa shape index (κ1) is 14.3.